The van der Waals surface area contributed by atoms with Gasteiger partial charge < -0.3 is 8.98 Å². The normalized spacial score (nSPS) is 11.8. The monoisotopic (exact) mass is 1010 g/mol. The van der Waals surface area contributed by atoms with E-state index in [9.17, 15) is 0 Å². The van der Waals surface area contributed by atoms with Crippen molar-refractivity contribution in [3.63, 3.8) is 0 Å². The van der Waals surface area contributed by atoms with Gasteiger partial charge in [0.25, 0.3) is 0 Å². The molecule has 299 valence electrons. The quantitative estimate of drug-likeness (QED) is 0.118. The van der Waals surface area contributed by atoms with Crippen molar-refractivity contribution in [1.29, 1.82) is 0 Å². The Bertz CT molecular complexity index is 2850. The van der Waals surface area contributed by atoms with Crippen LogP contribution in [0.25, 0.3) is 72.6 Å². The van der Waals surface area contributed by atoms with Gasteiger partial charge >= 0.3 is 126 Å². The van der Waals surface area contributed by atoms with Crippen LogP contribution in [0, 0.1) is 18.1 Å². The number of para-hydroxylation sites is 2. The number of pyridine rings is 2. The van der Waals surface area contributed by atoms with Gasteiger partial charge in [-0.2, -0.15) is 0 Å². The summed E-state index contributed by atoms with van der Waals surface area (Å²) in [4.78, 5) is 14.6. The molecule has 1 radical (unpaired) electrons. The number of hydrogen-bond acceptors (Lipinski definition) is 4. The van der Waals surface area contributed by atoms with Crippen LogP contribution in [-0.4, -0.2) is 32.8 Å². The molecule has 5 aromatic carbocycles. The Morgan fingerprint density at radius 3 is 2.14 bits per heavy atom. The zero-order chi connectivity index (χ0) is 40.6. The van der Waals surface area contributed by atoms with Crippen LogP contribution in [0.3, 0.4) is 0 Å². The van der Waals surface area contributed by atoms with Crippen LogP contribution in [-0.2, 0) is 31.9 Å². The number of nitrogens with zero attached hydrogens (tertiary/aromatic N) is 4. The van der Waals surface area contributed by atoms with E-state index in [2.05, 4.69) is 154 Å². The Labute approximate surface area is 364 Å². The molecule has 7 heteroatoms. The molecule has 5 nitrogen and oxygen atoms in total. The molecule has 0 aliphatic carbocycles. The van der Waals surface area contributed by atoms with Crippen LogP contribution < -0.4 is 4.40 Å². The smallest absolute Gasteiger partial charge is 0 e. The van der Waals surface area contributed by atoms with Gasteiger partial charge in [-0.1, -0.05) is 86.3 Å². The van der Waals surface area contributed by atoms with Crippen molar-refractivity contribution in [1.82, 2.24) is 19.5 Å². The maximum atomic E-state index is 6.44. The third-order valence-electron chi connectivity index (χ3n) is 10.5. The van der Waals surface area contributed by atoms with Gasteiger partial charge in [-0.05, 0) is 47.5 Å². The first-order chi connectivity index (χ1) is 27.8. The molecule has 0 amide bonds. The van der Waals surface area contributed by atoms with Crippen LogP contribution >= 0.6 is 0 Å². The van der Waals surface area contributed by atoms with Gasteiger partial charge in [0.1, 0.15) is 0 Å². The molecular weight excluding hydrogens is 961 g/mol. The van der Waals surface area contributed by atoms with E-state index in [0.717, 1.165) is 67.8 Å². The van der Waals surface area contributed by atoms with Crippen molar-refractivity contribution < 1.29 is 24.5 Å². The Kier molecular flexibility index (Phi) is 12.3. The maximum absolute atomic E-state index is 6.44. The largest absolute Gasteiger partial charge is 0 e. The fraction of sp³-hybridized carbons (Fsp3) is 0.212. The molecule has 0 saturated heterocycles. The minimum Gasteiger partial charge on any atom is 0 e. The number of imidazole rings is 1. The minimum absolute atomic E-state index is 0. The molecular formula is C52H50GeIrN4O-2. The van der Waals surface area contributed by atoms with Crippen molar-refractivity contribution in [2.24, 2.45) is 5.92 Å². The summed E-state index contributed by atoms with van der Waals surface area (Å²) in [5.74, 6) is 8.78. The molecule has 9 aromatic rings. The summed E-state index contributed by atoms with van der Waals surface area (Å²) < 4.78 is 10.2. The van der Waals surface area contributed by atoms with E-state index < -0.39 is 13.3 Å². The van der Waals surface area contributed by atoms with E-state index in [-0.39, 0.29) is 25.5 Å². The van der Waals surface area contributed by atoms with E-state index in [1.165, 1.54) is 16.7 Å². The molecule has 4 heterocycles. The molecule has 59 heavy (non-hydrogen) atoms. The topological polar surface area (TPSA) is 56.7 Å². The van der Waals surface area contributed by atoms with Gasteiger partial charge in [0.2, 0.25) is 5.71 Å². The van der Waals surface area contributed by atoms with E-state index in [1.54, 1.807) is 4.40 Å². The summed E-state index contributed by atoms with van der Waals surface area (Å²) in [6.07, 6.45) is 3.27. The molecule has 0 saturated carbocycles. The molecule has 0 unspecified atom stereocenters. The molecule has 0 aliphatic heterocycles. The fourth-order valence-electron chi connectivity index (χ4n) is 7.58. The van der Waals surface area contributed by atoms with Gasteiger partial charge in [0.15, 0.2) is 0 Å². The summed E-state index contributed by atoms with van der Waals surface area (Å²) in [6.45, 7) is 11.1. The van der Waals surface area contributed by atoms with Crippen molar-refractivity contribution >= 4 is 50.8 Å². The number of hydrogen-bond donors (Lipinski definition) is 0. The van der Waals surface area contributed by atoms with Crippen LogP contribution in [0.2, 0.25) is 17.3 Å². The van der Waals surface area contributed by atoms with Crippen LogP contribution in [0.1, 0.15) is 45.9 Å². The van der Waals surface area contributed by atoms with Gasteiger partial charge in [0, 0.05) is 42.3 Å². The van der Waals surface area contributed by atoms with Gasteiger partial charge in [0.05, 0.1) is 22.4 Å². The average molecular weight is 1010 g/mol. The molecule has 0 N–H and O–H groups in total. The summed E-state index contributed by atoms with van der Waals surface area (Å²) in [7, 11) is 0. The minimum atomic E-state index is -1.86. The standard InChI is InChI=1S/C34H26N3O.C18H24GeN.Ir/c1-34(2,3)30-21-20-26-25-12-9-13-27(31(25)38-33(26)36-30)32-35-28-14-7-8-15-29(28)37(32)24-18-16-23(17-19-24)22-10-5-4-6-11-22;1-14(2)11-16-12-18(15-9-7-6-8-10-15)20-13-17(16)19(3,4)5;/h4-12,14-21H,1-3H3;6-9,12-14H,11H2,1-5H3;/q2*-1;. The van der Waals surface area contributed by atoms with Crippen LogP contribution in [0.15, 0.2) is 144 Å². The molecule has 9 rings (SSSR count). The van der Waals surface area contributed by atoms with E-state index in [0.29, 0.717) is 11.6 Å². The Morgan fingerprint density at radius 1 is 0.729 bits per heavy atom. The summed E-state index contributed by atoms with van der Waals surface area (Å²) in [5, 5.41) is 2.01. The number of benzene rings is 5. The molecule has 0 fully saturated rings. The molecule has 0 atom stereocenters. The molecule has 4 aromatic heterocycles. The van der Waals surface area contributed by atoms with Gasteiger partial charge in [-0.25, -0.2) is 4.98 Å². The predicted octanol–water partition coefficient (Wildman–Crippen LogP) is 13.0. The Hall–Kier alpha value is -5.14. The van der Waals surface area contributed by atoms with E-state index in [1.807, 2.05) is 54.6 Å². The average Bonchev–Trinajstić information content (AvgIpc) is 3.79. The van der Waals surface area contributed by atoms with Crippen LogP contribution in [0.5, 0.6) is 0 Å². The second-order valence-electron chi connectivity index (χ2n) is 17.5. The Morgan fingerprint density at radius 2 is 1.44 bits per heavy atom. The first-order valence-corrected chi connectivity index (χ1v) is 27.5. The number of rotatable bonds is 7. The van der Waals surface area contributed by atoms with Crippen molar-refractivity contribution in [2.75, 3.05) is 0 Å². The SMILES string of the molecule is CC(C)(C)c1ccc2c(n1)oc1c(-c3nc4ccccc4n3-c3ccc(-c4ccccc4)cc3)[c-]ccc12.CC(C)Cc1cc(-c2[c-]cccc2)nc[c]1[Ge]([CH3])([CH3])[CH3].[Ir]. The third kappa shape index (κ3) is 8.91. The first kappa shape index (κ1) is 42.0. The number of aromatic nitrogens is 4. The van der Waals surface area contributed by atoms with Crippen molar-refractivity contribution in [3.05, 3.63) is 163 Å². The Balaban J connectivity index is 0.000000214. The predicted molar refractivity (Wildman–Crippen MR) is 245 cm³/mol. The van der Waals surface area contributed by atoms with Crippen LogP contribution in [0.4, 0.5) is 0 Å². The number of fused-ring (bicyclic) bond motifs is 4. The van der Waals surface area contributed by atoms with E-state index in [4.69, 9.17) is 19.4 Å². The van der Waals surface area contributed by atoms with Gasteiger partial charge in [-0.3, -0.25) is 4.98 Å². The first-order valence-electron chi connectivity index (χ1n) is 20.2. The third-order valence-corrected chi connectivity index (χ3v) is 14.8. The zero-order valence-corrected chi connectivity index (χ0v) is 39.6. The molecule has 0 spiro atoms. The fourth-order valence-corrected chi connectivity index (χ4v) is 10.9. The summed E-state index contributed by atoms with van der Waals surface area (Å²) in [5.41, 5.74) is 12.1. The second-order valence-corrected chi connectivity index (χ2v) is 28.1. The second kappa shape index (κ2) is 17.2. The summed E-state index contributed by atoms with van der Waals surface area (Å²) >= 11 is -1.86. The molecule has 0 aliphatic rings. The van der Waals surface area contributed by atoms with E-state index >= 15 is 0 Å². The summed E-state index contributed by atoms with van der Waals surface area (Å²) in [6, 6.07) is 52.5. The van der Waals surface area contributed by atoms with Crippen molar-refractivity contribution in [3.8, 4) is 39.5 Å². The van der Waals surface area contributed by atoms with Gasteiger partial charge in [-0.15, -0.1) is 18.2 Å². The maximum Gasteiger partial charge on any atom is 0 e. The number of furan rings is 1. The molecule has 0 bridgehead atoms. The van der Waals surface area contributed by atoms with Crippen molar-refractivity contribution in [2.45, 2.75) is 63.7 Å². The zero-order valence-electron chi connectivity index (χ0n) is 35.1.